The highest BCUT2D eigenvalue weighted by molar-refractivity contribution is 9.10. The Balaban J connectivity index is 3.03. The lowest BCUT2D eigenvalue weighted by molar-refractivity contribution is 0.445. The molecule has 0 aliphatic rings. The van der Waals surface area contributed by atoms with Crippen LogP contribution in [0.25, 0.3) is 0 Å². The molecule has 114 valence electrons. The summed E-state index contributed by atoms with van der Waals surface area (Å²) in [4.78, 5) is 0.142. The third kappa shape index (κ3) is 4.18. The molecule has 9 heteroatoms. The van der Waals surface area contributed by atoms with Crippen molar-refractivity contribution >= 4 is 41.7 Å². The average Bonchev–Trinajstić information content (AvgIpc) is 2.40. The fraction of sp³-hybridized carbons (Fsp3) is 0.455. The van der Waals surface area contributed by atoms with Crippen LogP contribution in [0.3, 0.4) is 0 Å². The molecule has 0 spiro atoms. The summed E-state index contributed by atoms with van der Waals surface area (Å²) >= 11 is 2.86. The zero-order chi connectivity index (χ0) is 15.4. The first-order valence-electron chi connectivity index (χ1n) is 5.93. The number of nitrogens with one attached hydrogen (secondary N) is 1. The molecule has 0 aliphatic carbocycles. The molecular weight excluding hydrogens is 368 g/mol. The molecule has 1 aromatic rings. The van der Waals surface area contributed by atoms with Crippen LogP contribution >= 0.6 is 15.9 Å². The third-order valence-electron chi connectivity index (χ3n) is 2.61. The number of benzene rings is 1. The van der Waals surface area contributed by atoms with Gasteiger partial charge < -0.3 is 0 Å². The topological polar surface area (TPSA) is 83.6 Å². The summed E-state index contributed by atoms with van der Waals surface area (Å²) < 4.78 is 50.6. The van der Waals surface area contributed by atoms with E-state index in [1.165, 1.54) is 28.6 Å². The van der Waals surface area contributed by atoms with Crippen molar-refractivity contribution in [3.8, 4) is 0 Å². The van der Waals surface area contributed by atoms with E-state index in [9.17, 15) is 16.8 Å². The Labute approximate surface area is 128 Å². The van der Waals surface area contributed by atoms with E-state index in [1.54, 1.807) is 13.8 Å². The van der Waals surface area contributed by atoms with Gasteiger partial charge in [0.25, 0.3) is 0 Å². The molecule has 0 amide bonds. The fourth-order valence-electron chi connectivity index (χ4n) is 1.61. The summed E-state index contributed by atoms with van der Waals surface area (Å²) in [5.74, 6) is 0. The molecule has 0 heterocycles. The quantitative estimate of drug-likeness (QED) is 0.726. The monoisotopic (exact) mass is 384 g/mol. The van der Waals surface area contributed by atoms with E-state index in [0.717, 1.165) is 0 Å². The van der Waals surface area contributed by atoms with Crippen molar-refractivity contribution in [2.75, 3.05) is 22.5 Å². The van der Waals surface area contributed by atoms with Gasteiger partial charge in [0.05, 0.1) is 4.90 Å². The minimum Gasteiger partial charge on any atom is -0.283 e. The van der Waals surface area contributed by atoms with Crippen LogP contribution < -0.4 is 4.72 Å². The Bertz CT molecular complexity index is 638. The van der Waals surface area contributed by atoms with Crippen LogP contribution in [0.5, 0.6) is 0 Å². The predicted octanol–water partition coefficient (Wildman–Crippen LogP) is 1.81. The fourth-order valence-corrected chi connectivity index (χ4v) is 3.97. The minimum absolute atomic E-state index is 0.142. The van der Waals surface area contributed by atoms with Gasteiger partial charge in [-0.1, -0.05) is 29.8 Å². The smallest absolute Gasteiger partial charge is 0.243 e. The molecule has 0 saturated carbocycles. The number of rotatable bonds is 7. The second-order valence-corrected chi connectivity index (χ2v) is 8.90. The van der Waals surface area contributed by atoms with Crippen LogP contribution in [0.15, 0.2) is 29.2 Å². The van der Waals surface area contributed by atoms with Gasteiger partial charge in [0, 0.05) is 18.8 Å². The lowest BCUT2D eigenvalue weighted by Gasteiger charge is -2.18. The van der Waals surface area contributed by atoms with Crippen molar-refractivity contribution in [2.24, 2.45) is 0 Å². The highest BCUT2D eigenvalue weighted by Crippen LogP contribution is 2.19. The lowest BCUT2D eigenvalue weighted by atomic mass is 10.3. The number of halogens is 1. The van der Waals surface area contributed by atoms with Gasteiger partial charge >= 0.3 is 0 Å². The second-order valence-electron chi connectivity index (χ2n) is 3.94. The summed E-state index contributed by atoms with van der Waals surface area (Å²) in [6.45, 7) is 4.30. The number of nitrogens with zero attached hydrogens (tertiary/aromatic N) is 1. The summed E-state index contributed by atoms with van der Waals surface area (Å²) in [5, 5.41) is 0. The SMILES string of the molecule is CCN(CC)S(=O)(=O)c1ccc(NS(=O)(=O)CBr)cc1. The van der Waals surface area contributed by atoms with Gasteiger partial charge in [-0.3, -0.25) is 4.72 Å². The first-order valence-corrected chi connectivity index (χ1v) is 10.1. The Morgan fingerprint density at radius 1 is 1.05 bits per heavy atom. The molecule has 0 unspecified atom stereocenters. The van der Waals surface area contributed by atoms with E-state index in [-0.39, 0.29) is 9.56 Å². The molecule has 0 bridgehead atoms. The lowest BCUT2D eigenvalue weighted by Crippen LogP contribution is -2.30. The van der Waals surface area contributed by atoms with Crippen molar-refractivity contribution in [3.05, 3.63) is 24.3 Å². The van der Waals surface area contributed by atoms with Crippen LogP contribution in [0.2, 0.25) is 0 Å². The molecule has 20 heavy (non-hydrogen) atoms. The van der Waals surface area contributed by atoms with Crippen molar-refractivity contribution < 1.29 is 16.8 Å². The summed E-state index contributed by atoms with van der Waals surface area (Å²) in [5.41, 5.74) is 0.322. The van der Waals surface area contributed by atoms with E-state index < -0.39 is 20.0 Å². The number of hydrogen-bond acceptors (Lipinski definition) is 4. The molecule has 1 aromatic carbocycles. The maximum atomic E-state index is 12.2. The molecule has 0 saturated heterocycles. The summed E-state index contributed by atoms with van der Waals surface area (Å²) in [6, 6.07) is 5.63. The molecule has 0 radical (unpaired) electrons. The third-order valence-corrected chi connectivity index (χ3v) is 7.32. The molecule has 1 N–H and O–H groups in total. The van der Waals surface area contributed by atoms with Crippen LogP contribution in [-0.2, 0) is 20.0 Å². The molecule has 0 atom stereocenters. The zero-order valence-corrected chi connectivity index (χ0v) is 14.4. The molecule has 1 rings (SSSR count). The normalized spacial score (nSPS) is 12.6. The maximum absolute atomic E-state index is 12.2. The first-order chi connectivity index (χ1) is 9.26. The van der Waals surface area contributed by atoms with E-state index in [0.29, 0.717) is 18.8 Å². The van der Waals surface area contributed by atoms with Gasteiger partial charge in [-0.25, -0.2) is 16.8 Å². The number of sulfonamides is 2. The predicted molar refractivity (Wildman–Crippen MR) is 82.9 cm³/mol. The maximum Gasteiger partial charge on any atom is 0.243 e. The number of hydrogen-bond donors (Lipinski definition) is 1. The van der Waals surface area contributed by atoms with Crippen molar-refractivity contribution in [1.82, 2.24) is 4.31 Å². The number of alkyl halides is 1. The number of anilines is 1. The molecular formula is C11H17BrN2O4S2. The van der Waals surface area contributed by atoms with E-state index in [4.69, 9.17) is 0 Å². The molecule has 0 fully saturated rings. The molecule has 0 aliphatic heterocycles. The Morgan fingerprint density at radius 3 is 1.95 bits per heavy atom. The van der Waals surface area contributed by atoms with E-state index in [2.05, 4.69) is 20.7 Å². The first kappa shape index (κ1) is 17.4. The van der Waals surface area contributed by atoms with E-state index >= 15 is 0 Å². The van der Waals surface area contributed by atoms with Crippen molar-refractivity contribution in [3.63, 3.8) is 0 Å². The Morgan fingerprint density at radius 2 is 1.55 bits per heavy atom. The highest BCUT2D eigenvalue weighted by atomic mass is 79.9. The molecule has 6 nitrogen and oxygen atoms in total. The van der Waals surface area contributed by atoms with Crippen molar-refractivity contribution in [2.45, 2.75) is 18.7 Å². The van der Waals surface area contributed by atoms with Gasteiger partial charge in [-0.2, -0.15) is 4.31 Å². The average molecular weight is 385 g/mol. The van der Waals surface area contributed by atoms with Crippen LogP contribution in [0.1, 0.15) is 13.8 Å². The van der Waals surface area contributed by atoms with Crippen LogP contribution in [0.4, 0.5) is 5.69 Å². The standard InChI is InChI=1S/C11H17BrN2O4S2/c1-3-14(4-2)20(17,18)11-7-5-10(6-8-11)13-19(15,16)9-12/h5-8,13H,3-4,9H2,1-2H3. The van der Waals surface area contributed by atoms with Crippen molar-refractivity contribution in [1.29, 1.82) is 0 Å². The highest BCUT2D eigenvalue weighted by Gasteiger charge is 2.21. The zero-order valence-electron chi connectivity index (χ0n) is 11.2. The van der Waals surface area contributed by atoms with Gasteiger partial charge in [-0.15, -0.1) is 0 Å². The Kier molecular flexibility index (Phi) is 5.99. The van der Waals surface area contributed by atoms with Crippen LogP contribution in [0, 0.1) is 0 Å². The Hall–Kier alpha value is -0.640. The second kappa shape index (κ2) is 6.88. The van der Waals surface area contributed by atoms with Crippen LogP contribution in [-0.4, -0.2) is 38.9 Å². The summed E-state index contributed by atoms with van der Waals surface area (Å²) in [6.07, 6.45) is 0. The van der Waals surface area contributed by atoms with Gasteiger partial charge in [0.2, 0.25) is 20.0 Å². The minimum atomic E-state index is -3.52. The largest absolute Gasteiger partial charge is 0.283 e. The summed E-state index contributed by atoms with van der Waals surface area (Å²) in [7, 11) is -6.96. The van der Waals surface area contributed by atoms with Gasteiger partial charge in [0.1, 0.15) is 4.66 Å². The van der Waals surface area contributed by atoms with E-state index in [1.807, 2.05) is 0 Å². The molecule has 0 aromatic heterocycles. The van der Waals surface area contributed by atoms with Gasteiger partial charge in [-0.05, 0) is 24.3 Å². The van der Waals surface area contributed by atoms with Gasteiger partial charge in [0.15, 0.2) is 0 Å².